The Hall–Kier alpha value is -2.04. The predicted octanol–water partition coefficient (Wildman–Crippen LogP) is 3.43. The summed E-state index contributed by atoms with van der Waals surface area (Å²) in [4.78, 5) is 15.1. The maximum atomic E-state index is 12.4. The monoisotopic (exact) mass is 482 g/mol. The van der Waals surface area contributed by atoms with Crippen molar-refractivity contribution in [2.45, 2.75) is 11.5 Å². The molecule has 2 aliphatic heterocycles. The average Bonchev–Trinajstić information content (AvgIpc) is 3.01. The minimum atomic E-state index is -3.41. The number of ether oxygens (including phenoxy) is 2. The molecular weight excluding hydrogens is 468 g/mol. The van der Waals surface area contributed by atoms with Crippen LogP contribution in [0.4, 0.5) is 5.69 Å². The van der Waals surface area contributed by atoms with E-state index in [4.69, 9.17) is 9.47 Å². The topological polar surface area (TPSA) is 85.3 Å². The van der Waals surface area contributed by atoms with Gasteiger partial charge in [-0.05, 0) is 63.6 Å². The molecule has 0 bridgehead atoms. The van der Waals surface area contributed by atoms with E-state index in [1.807, 2.05) is 17.0 Å². The molecule has 0 fully saturated rings. The second kappa shape index (κ2) is 7.41. The highest BCUT2D eigenvalue weighted by Gasteiger charge is 2.33. The Morgan fingerprint density at radius 1 is 1.29 bits per heavy atom. The van der Waals surface area contributed by atoms with E-state index in [0.29, 0.717) is 23.0 Å². The van der Waals surface area contributed by atoms with Crippen LogP contribution in [0.2, 0.25) is 0 Å². The van der Waals surface area contributed by atoms with Gasteiger partial charge in [-0.25, -0.2) is 13.2 Å². The molecule has 2 aromatic carbocycles. The van der Waals surface area contributed by atoms with Crippen LogP contribution in [0.5, 0.6) is 5.75 Å². The molecule has 0 N–H and O–H groups in total. The average molecular weight is 483 g/mol. The summed E-state index contributed by atoms with van der Waals surface area (Å²) in [6, 6.07) is 10.6. The molecule has 10 heteroatoms. The van der Waals surface area contributed by atoms with Gasteiger partial charge < -0.3 is 14.4 Å². The molecule has 2 aliphatic rings. The third-order valence-corrected chi connectivity index (χ3v) is 7.22. The highest BCUT2D eigenvalue weighted by Crippen LogP contribution is 2.42. The summed E-state index contributed by atoms with van der Waals surface area (Å²) in [5, 5.41) is 0.426. The molecule has 0 radical (unpaired) electrons. The lowest BCUT2D eigenvalue weighted by molar-refractivity contribution is 0.0472. The van der Waals surface area contributed by atoms with Crippen LogP contribution in [-0.4, -0.2) is 39.0 Å². The first-order valence-corrected chi connectivity index (χ1v) is 11.5. The molecule has 0 atom stereocenters. The van der Waals surface area contributed by atoms with Crippen LogP contribution in [-0.2, 0) is 21.4 Å². The molecule has 0 amide bonds. The molecule has 146 valence electrons. The van der Waals surface area contributed by atoms with Crippen molar-refractivity contribution in [1.82, 2.24) is 0 Å². The molecule has 0 aliphatic carbocycles. The third-order valence-electron chi connectivity index (χ3n) is 4.29. The minimum absolute atomic E-state index is 0.0162. The zero-order valence-electron chi connectivity index (χ0n) is 14.7. The summed E-state index contributed by atoms with van der Waals surface area (Å²) in [5.74, 6) is 0.236. The van der Waals surface area contributed by atoms with Crippen molar-refractivity contribution in [3.05, 3.63) is 52.0 Å². The predicted molar refractivity (Wildman–Crippen MR) is 111 cm³/mol. The Labute approximate surface area is 174 Å². The van der Waals surface area contributed by atoms with Gasteiger partial charge in [-0.3, -0.25) is 0 Å². The number of halogens is 1. The molecule has 0 spiro atoms. The highest BCUT2D eigenvalue weighted by atomic mass is 79.9. The summed E-state index contributed by atoms with van der Waals surface area (Å²) in [6.07, 6.45) is 0. The second-order valence-electron chi connectivity index (χ2n) is 6.14. The van der Waals surface area contributed by atoms with E-state index in [9.17, 15) is 13.2 Å². The first-order chi connectivity index (χ1) is 13.4. The van der Waals surface area contributed by atoms with Crippen LogP contribution in [0.3, 0.4) is 0 Å². The number of nitrogens with zero attached hydrogens (tertiary/aromatic N) is 2. The summed E-state index contributed by atoms with van der Waals surface area (Å²) in [5.41, 5.74) is 2.09. The number of amidine groups is 1. The number of benzene rings is 2. The van der Waals surface area contributed by atoms with Crippen LogP contribution >= 0.6 is 27.7 Å². The first kappa shape index (κ1) is 19.3. The molecule has 2 aromatic rings. The number of carbonyl (C=O) groups is 1. The van der Waals surface area contributed by atoms with E-state index in [1.54, 1.807) is 31.4 Å². The smallest absolute Gasteiger partial charge is 0.338 e. The summed E-state index contributed by atoms with van der Waals surface area (Å²) >= 11 is 4.65. The van der Waals surface area contributed by atoms with Crippen molar-refractivity contribution in [2.75, 3.05) is 24.3 Å². The number of esters is 1. The van der Waals surface area contributed by atoms with Crippen molar-refractivity contribution in [3.63, 3.8) is 0 Å². The number of thioether (sulfide) groups is 1. The number of methoxy groups -OCH3 is 1. The number of fused-ring (bicyclic) bond motifs is 3. The fourth-order valence-electron chi connectivity index (χ4n) is 2.89. The number of rotatable bonds is 4. The first-order valence-electron chi connectivity index (χ1n) is 8.28. The van der Waals surface area contributed by atoms with Crippen molar-refractivity contribution in [2.24, 2.45) is 4.40 Å². The summed E-state index contributed by atoms with van der Waals surface area (Å²) in [6.45, 7) is 0.486. The molecule has 7 nitrogen and oxygen atoms in total. The Bertz CT molecular complexity index is 1100. The van der Waals surface area contributed by atoms with E-state index >= 15 is 0 Å². The number of hydrogen-bond donors (Lipinski definition) is 0. The lowest BCUT2D eigenvalue weighted by Crippen LogP contribution is -2.35. The lowest BCUT2D eigenvalue weighted by atomic mass is 10.2. The fraction of sp³-hybridized carbons (Fsp3) is 0.222. The van der Waals surface area contributed by atoms with Crippen LogP contribution in [0.15, 0.2) is 50.2 Å². The van der Waals surface area contributed by atoms with Gasteiger partial charge in [0.1, 0.15) is 12.4 Å². The zero-order chi connectivity index (χ0) is 19.9. The fourth-order valence-corrected chi connectivity index (χ4v) is 5.77. The molecular formula is C18H15BrN2O5S2. The third kappa shape index (κ3) is 3.76. The summed E-state index contributed by atoms with van der Waals surface area (Å²) in [7, 11) is -1.83. The molecule has 0 unspecified atom stereocenters. The van der Waals surface area contributed by atoms with Gasteiger partial charge in [-0.2, -0.15) is 0 Å². The van der Waals surface area contributed by atoms with Gasteiger partial charge >= 0.3 is 5.97 Å². The van der Waals surface area contributed by atoms with Crippen molar-refractivity contribution < 1.29 is 22.7 Å². The van der Waals surface area contributed by atoms with Crippen molar-refractivity contribution >= 4 is 54.5 Å². The van der Waals surface area contributed by atoms with Gasteiger partial charge in [0.2, 0.25) is 0 Å². The molecule has 0 aromatic heterocycles. The van der Waals surface area contributed by atoms with Crippen LogP contribution < -0.4 is 9.64 Å². The maximum absolute atomic E-state index is 12.4. The van der Waals surface area contributed by atoms with E-state index in [0.717, 1.165) is 20.6 Å². The van der Waals surface area contributed by atoms with Gasteiger partial charge in [0.05, 0.1) is 28.6 Å². The SMILES string of the molecule is COc1ccc(COC(=O)c2ccc3c(c2)SC2=NS(=O)(=O)CCN23)cc1Br. The zero-order valence-corrected chi connectivity index (χ0v) is 17.9. The second-order valence-corrected chi connectivity index (χ2v) is 9.76. The normalized spacial score (nSPS) is 16.8. The van der Waals surface area contributed by atoms with Crippen LogP contribution in [0.1, 0.15) is 15.9 Å². The number of anilines is 1. The van der Waals surface area contributed by atoms with Gasteiger partial charge in [-0.15, -0.1) is 4.40 Å². The molecule has 2 heterocycles. The van der Waals surface area contributed by atoms with Gasteiger partial charge in [0, 0.05) is 11.4 Å². The number of sulfonamides is 1. The van der Waals surface area contributed by atoms with Gasteiger partial charge in [0.25, 0.3) is 10.0 Å². The van der Waals surface area contributed by atoms with E-state index in [1.165, 1.54) is 11.8 Å². The van der Waals surface area contributed by atoms with Gasteiger partial charge in [-0.1, -0.05) is 6.07 Å². The van der Waals surface area contributed by atoms with Crippen LogP contribution in [0, 0.1) is 0 Å². The number of hydrogen-bond acceptors (Lipinski definition) is 7. The van der Waals surface area contributed by atoms with Crippen molar-refractivity contribution in [3.8, 4) is 5.75 Å². The van der Waals surface area contributed by atoms with Crippen molar-refractivity contribution in [1.29, 1.82) is 0 Å². The Balaban J connectivity index is 1.48. The Morgan fingerprint density at radius 2 is 2.11 bits per heavy atom. The quantitative estimate of drug-likeness (QED) is 0.616. The minimum Gasteiger partial charge on any atom is -0.496 e. The van der Waals surface area contributed by atoms with E-state index in [-0.39, 0.29) is 12.4 Å². The molecule has 28 heavy (non-hydrogen) atoms. The van der Waals surface area contributed by atoms with E-state index in [2.05, 4.69) is 20.3 Å². The van der Waals surface area contributed by atoms with E-state index < -0.39 is 16.0 Å². The highest BCUT2D eigenvalue weighted by molar-refractivity contribution is 9.10. The molecule has 0 saturated heterocycles. The Kier molecular flexibility index (Phi) is 5.11. The Morgan fingerprint density at radius 3 is 2.86 bits per heavy atom. The standard InChI is InChI=1S/C18H15BrN2O5S2/c1-25-15-5-2-11(8-13(15)19)10-26-17(22)12-3-4-14-16(9-12)27-18-20-28(23,24)7-6-21(14)18/h2-5,8-9H,6-7,10H2,1H3. The summed E-state index contributed by atoms with van der Waals surface area (Å²) < 4.78 is 38.6. The lowest BCUT2D eigenvalue weighted by Gasteiger charge is -2.22. The maximum Gasteiger partial charge on any atom is 0.338 e. The molecule has 4 rings (SSSR count). The number of carbonyl (C=O) groups excluding carboxylic acids is 1. The van der Waals surface area contributed by atoms with Crippen LogP contribution in [0.25, 0.3) is 0 Å². The largest absolute Gasteiger partial charge is 0.496 e. The molecule has 0 saturated carbocycles. The van der Waals surface area contributed by atoms with Gasteiger partial charge in [0.15, 0.2) is 5.17 Å².